The summed E-state index contributed by atoms with van der Waals surface area (Å²) in [7, 11) is 0. The van der Waals surface area contributed by atoms with Crippen molar-refractivity contribution in [1.82, 2.24) is 5.32 Å². The Balaban J connectivity index is 2.91. The van der Waals surface area contributed by atoms with Crippen LogP contribution in [0.5, 0.6) is 5.75 Å². The van der Waals surface area contributed by atoms with Gasteiger partial charge in [-0.05, 0) is 36.0 Å². The number of hydrogen-bond acceptors (Lipinski definition) is 3. The van der Waals surface area contributed by atoms with Crippen LogP contribution in [0.25, 0.3) is 0 Å². The minimum Gasteiger partial charge on any atom is -0.490 e. The van der Waals surface area contributed by atoms with Crippen molar-refractivity contribution in [2.75, 3.05) is 13.2 Å². The highest BCUT2D eigenvalue weighted by atomic mass is 16.5. The number of ether oxygens (including phenoxy) is 1. The lowest BCUT2D eigenvalue weighted by Gasteiger charge is -2.20. The largest absolute Gasteiger partial charge is 0.490 e. The van der Waals surface area contributed by atoms with Crippen molar-refractivity contribution in [3.63, 3.8) is 0 Å². The zero-order chi connectivity index (χ0) is 17.9. The maximum atomic E-state index is 10.2. The first kappa shape index (κ1) is 21.0. The molecular weight excluding hydrogens is 298 g/mol. The van der Waals surface area contributed by atoms with Gasteiger partial charge in [0, 0.05) is 12.6 Å². The minimum atomic E-state index is -0.480. The van der Waals surface area contributed by atoms with Crippen LogP contribution >= 0.6 is 0 Å². The fourth-order valence-corrected chi connectivity index (χ4v) is 2.97. The minimum absolute atomic E-state index is 0.347. The Morgan fingerprint density at radius 2 is 1.50 bits per heavy atom. The molecule has 3 heteroatoms. The number of rotatable bonds is 12. The highest BCUT2D eigenvalue weighted by Crippen LogP contribution is 2.29. The van der Waals surface area contributed by atoms with Crippen LogP contribution in [0.4, 0.5) is 0 Å². The van der Waals surface area contributed by atoms with Crippen molar-refractivity contribution in [2.45, 2.75) is 85.3 Å². The van der Waals surface area contributed by atoms with Crippen molar-refractivity contribution in [2.24, 2.45) is 0 Å². The van der Waals surface area contributed by atoms with E-state index in [2.05, 4.69) is 52.1 Å². The van der Waals surface area contributed by atoms with E-state index in [1.165, 1.54) is 16.7 Å². The van der Waals surface area contributed by atoms with Crippen LogP contribution in [0.3, 0.4) is 0 Å². The molecule has 0 fully saturated rings. The van der Waals surface area contributed by atoms with Crippen molar-refractivity contribution >= 4 is 0 Å². The van der Waals surface area contributed by atoms with Gasteiger partial charge in [-0.25, -0.2) is 0 Å². The Kier molecular flexibility index (Phi) is 10.0. The molecule has 0 radical (unpaired) electrons. The van der Waals surface area contributed by atoms with Crippen molar-refractivity contribution in [1.29, 1.82) is 0 Å². The summed E-state index contributed by atoms with van der Waals surface area (Å²) in [5.41, 5.74) is 4.02. The predicted molar refractivity (Wildman–Crippen MR) is 103 cm³/mol. The van der Waals surface area contributed by atoms with Gasteiger partial charge in [0.15, 0.2) is 0 Å². The van der Waals surface area contributed by atoms with Crippen molar-refractivity contribution < 1.29 is 9.84 Å². The molecule has 0 aromatic heterocycles. The fourth-order valence-electron chi connectivity index (χ4n) is 2.97. The van der Waals surface area contributed by atoms with E-state index in [0.29, 0.717) is 19.2 Å². The first-order valence-electron chi connectivity index (χ1n) is 9.70. The third-order valence-corrected chi connectivity index (χ3v) is 4.06. The van der Waals surface area contributed by atoms with Crippen LogP contribution in [0.1, 0.15) is 70.6 Å². The Morgan fingerprint density at radius 3 is 1.96 bits per heavy atom. The van der Waals surface area contributed by atoms with E-state index in [-0.39, 0.29) is 0 Å². The maximum absolute atomic E-state index is 10.2. The topological polar surface area (TPSA) is 41.5 Å². The van der Waals surface area contributed by atoms with Crippen molar-refractivity contribution in [3.05, 3.63) is 28.8 Å². The summed E-state index contributed by atoms with van der Waals surface area (Å²) < 4.78 is 6.11. The zero-order valence-electron chi connectivity index (χ0n) is 16.3. The fraction of sp³-hybridized carbons (Fsp3) is 0.714. The summed E-state index contributed by atoms with van der Waals surface area (Å²) in [6.07, 6.45) is 6.08. The smallest absolute Gasteiger partial charge is 0.125 e. The van der Waals surface area contributed by atoms with E-state index in [1.54, 1.807) is 0 Å². The average Bonchev–Trinajstić information content (AvgIpc) is 2.53. The van der Waals surface area contributed by atoms with Gasteiger partial charge in [-0.3, -0.25) is 0 Å². The van der Waals surface area contributed by atoms with Crippen molar-refractivity contribution in [3.8, 4) is 5.75 Å². The average molecular weight is 336 g/mol. The predicted octanol–water partition coefficient (Wildman–Crippen LogP) is 4.28. The van der Waals surface area contributed by atoms with Crippen LogP contribution in [0.15, 0.2) is 12.1 Å². The van der Waals surface area contributed by atoms with Gasteiger partial charge in [-0.15, -0.1) is 0 Å². The van der Waals surface area contributed by atoms with Crippen LogP contribution in [0.2, 0.25) is 0 Å². The Bertz CT molecular complexity index is 444. The van der Waals surface area contributed by atoms with E-state index < -0.39 is 6.10 Å². The van der Waals surface area contributed by atoms with E-state index >= 15 is 0 Å². The van der Waals surface area contributed by atoms with Gasteiger partial charge < -0.3 is 15.2 Å². The van der Waals surface area contributed by atoms with Gasteiger partial charge >= 0.3 is 0 Å². The lowest BCUT2D eigenvalue weighted by molar-refractivity contribution is 0.103. The second kappa shape index (κ2) is 11.5. The van der Waals surface area contributed by atoms with E-state index in [9.17, 15) is 5.11 Å². The highest BCUT2D eigenvalue weighted by molar-refractivity contribution is 5.45. The van der Waals surface area contributed by atoms with Gasteiger partial charge in [0.1, 0.15) is 18.5 Å². The number of benzene rings is 1. The molecule has 0 saturated heterocycles. The lowest BCUT2D eigenvalue weighted by atomic mass is 9.96. The molecule has 2 N–H and O–H groups in total. The second-order valence-corrected chi connectivity index (χ2v) is 7.02. The summed E-state index contributed by atoms with van der Waals surface area (Å²) in [6, 6.07) is 4.99. The van der Waals surface area contributed by atoms with Gasteiger partial charge in [0.25, 0.3) is 0 Å². The number of nitrogens with one attached hydrogen (secondary N) is 1. The lowest BCUT2D eigenvalue weighted by Crippen LogP contribution is -2.35. The maximum Gasteiger partial charge on any atom is 0.125 e. The van der Waals surface area contributed by atoms with Gasteiger partial charge in [0.2, 0.25) is 0 Å². The molecular formula is C21H37NO2. The summed E-state index contributed by atoms with van der Waals surface area (Å²) in [5, 5.41) is 13.4. The highest BCUT2D eigenvalue weighted by Gasteiger charge is 2.14. The molecule has 1 aromatic rings. The van der Waals surface area contributed by atoms with E-state index in [1.807, 2.05) is 0 Å². The van der Waals surface area contributed by atoms with Crippen LogP contribution in [0, 0.1) is 0 Å². The van der Waals surface area contributed by atoms with Gasteiger partial charge in [-0.2, -0.15) is 0 Å². The molecule has 0 aliphatic rings. The van der Waals surface area contributed by atoms with E-state index in [0.717, 1.165) is 44.3 Å². The first-order chi connectivity index (χ1) is 11.5. The molecule has 24 heavy (non-hydrogen) atoms. The molecule has 3 nitrogen and oxygen atoms in total. The molecule has 0 aliphatic heterocycles. The van der Waals surface area contributed by atoms with Crippen LogP contribution in [-0.2, 0) is 19.3 Å². The molecule has 0 saturated carbocycles. The molecule has 1 rings (SSSR count). The Morgan fingerprint density at radius 1 is 0.958 bits per heavy atom. The van der Waals surface area contributed by atoms with Gasteiger partial charge in [0.05, 0.1) is 0 Å². The molecule has 0 amide bonds. The van der Waals surface area contributed by atoms with Crippen LogP contribution in [-0.4, -0.2) is 30.4 Å². The number of hydrogen-bond donors (Lipinski definition) is 2. The first-order valence-corrected chi connectivity index (χ1v) is 9.70. The van der Waals surface area contributed by atoms with E-state index in [4.69, 9.17) is 4.74 Å². The second-order valence-electron chi connectivity index (χ2n) is 7.02. The molecule has 0 aliphatic carbocycles. The number of aryl methyl sites for hydroxylation is 3. The zero-order valence-corrected chi connectivity index (χ0v) is 16.3. The molecule has 1 unspecified atom stereocenters. The molecule has 0 spiro atoms. The normalized spacial score (nSPS) is 12.6. The summed E-state index contributed by atoms with van der Waals surface area (Å²) >= 11 is 0. The summed E-state index contributed by atoms with van der Waals surface area (Å²) in [5.74, 6) is 1.02. The summed E-state index contributed by atoms with van der Waals surface area (Å²) in [4.78, 5) is 0. The quantitative estimate of drug-likeness (QED) is 0.599. The molecule has 1 aromatic carbocycles. The molecule has 138 valence electrons. The SMILES string of the molecule is CCCc1cc(CCC)c(OCC(O)CNC(C)C)c(CCC)c1. The number of aliphatic hydroxyl groups excluding tert-OH is 1. The monoisotopic (exact) mass is 335 g/mol. The number of aliphatic hydroxyl groups is 1. The van der Waals surface area contributed by atoms with Crippen LogP contribution < -0.4 is 10.1 Å². The summed E-state index contributed by atoms with van der Waals surface area (Å²) in [6.45, 7) is 11.7. The Labute approximate surface area is 148 Å². The molecule has 1 atom stereocenters. The molecule has 0 heterocycles. The van der Waals surface area contributed by atoms with Gasteiger partial charge in [-0.1, -0.05) is 66.0 Å². The third kappa shape index (κ3) is 7.23. The standard InChI is InChI=1S/C21H37NO2/c1-6-9-17-12-18(10-7-2)21(19(13-17)11-8-3)24-15-20(23)14-22-16(4)5/h12-13,16,20,22-23H,6-11,14-15H2,1-5H3. The molecule has 0 bridgehead atoms. The Hall–Kier alpha value is -1.06. The third-order valence-electron chi connectivity index (χ3n) is 4.06.